The van der Waals surface area contributed by atoms with E-state index in [-0.39, 0.29) is 0 Å². The summed E-state index contributed by atoms with van der Waals surface area (Å²) in [4.78, 5) is 2.44. The molecule has 0 radical (unpaired) electrons. The molecule has 0 aromatic heterocycles. The summed E-state index contributed by atoms with van der Waals surface area (Å²) in [7, 11) is 0. The lowest BCUT2D eigenvalue weighted by molar-refractivity contribution is -0.00522. The monoisotopic (exact) mass is 290 g/mol. The number of morpholine rings is 1. The van der Waals surface area contributed by atoms with Gasteiger partial charge in [0.15, 0.2) is 0 Å². The first-order valence-corrected chi connectivity index (χ1v) is 8.16. The zero-order valence-electron chi connectivity index (χ0n) is 14.1. The molecular weight excluding hydrogens is 260 g/mol. The van der Waals surface area contributed by atoms with Gasteiger partial charge >= 0.3 is 0 Å². The molecule has 1 aliphatic rings. The average molecular weight is 290 g/mol. The van der Waals surface area contributed by atoms with Crippen molar-refractivity contribution < 1.29 is 4.74 Å². The lowest BCUT2D eigenvalue weighted by Crippen LogP contribution is -2.45. The van der Waals surface area contributed by atoms with Gasteiger partial charge in [0.1, 0.15) is 0 Å². The minimum absolute atomic E-state index is 0.307. The topological polar surface area (TPSA) is 24.5 Å². The first-order chi connectivity index (χ1) is 9.95. The van der Waals surface area contributed by atoms with Crippen molar-refractivity contribution in [2.75, 3.05) is 24.5 Å². The molecule has 1 heterocycles. The average Bonchev–Trinajstić information content (AvgIpc) is 2.39. The van der Waals surface area contributed by atoms with Crippen LogP contribution >= 0.6 is 0 Å². The Hall–Kier alpha value is -1.06. The number of anilines is 1. The van der Waals surface area contributed by atoms with Crippen molar-refractivity contribution >= 4 is 5.69 Å². The van der Waals surface area contributed by atoms with E-state index in [1.54, 1.807) is 0 Å². The quantitative estimate of drug-likeness (QED) is 0.900. The van der Waals surface area contributed by atoms with E-state index < -0.39 is 0 Å². The molecule has 1 saturated heterocycles. The molecule has 0 spiro atoms. The van der Waals surface area contributed by atoms with Gasteiger partial charge in [0, 0.05) is 25.3 Å². The first kappa shape index (κ1) is 16.3. The Balaban J connectivity index is 2.01. The summed E-state index contributed by atoms with van der Waals surface area (Å²) in [6, 6.07) is 6.84. The zero-order valence-corrected chi connectivity index (χ0v) is 14.1. The van der Waals surface area contributed by atoms with Crippen molar-refractivity contribution in [2.24, 2.45) is 5.92 Å². The molecule has 1 aromatic carbocycles. The minimum atomic E-state index is 0.307. The smallest absolute Gasteiger partial charge is 0.0726 e. The largest absolute Gasteiger partial charge is 0.372 e. The standard InChI is InChI=1S/C18H30N2O/c1-13(2)9-19-10-17-6-7-18(8-14(17)3)20-11-15(4)21-16(5)12-20/h6-8,13,15-16,19H,9-12H2,1-5H3/t15-,16+. The van der Waals surface area contributed by atoms with Gasteiger partial charge in [0.05, 0.1) is 12.2 Å². The van der Waals surface area contributed by atoms with E-state index in [0.29, 0.717) is 18.1 Å². The molecule has 2 atom stereocenters. The number of hydrogen-bond acceptors (Lipinski definition) is 3. The molecular formula is C18H30N2O. The molecule has 118 valence electrons. The summed E-state index contributed by atoms with van der Waals surface area (Å²) in [5.41, 5.74) is 4.09. The van der Waals surface area contributed by atoms with E-state index >= 15 is 0 Å². The van der Waals surface area contributed by atoms with E-state index in [1.807, 2.05) is 0 Å². The van der Waals surface area contributed by atoms with Crippen LogP contribution in [0.15, 0.2) is 18.2 Å². The number of benzene rings is 1. The Morgan fingerprint density at radius 1 is 1.24 bits per heavy atom. The van der Waals surface area contributed by atoms with Crippen molar-refractivity contribution in [1.82, 2.24) is 5.32 Å². The molecule has 0 bridgehead atoms. The van der Waals surface area contributed by atoms with E-state index in [1.165, 1.54) is 16.8 Å². The van der Waals surface area contributed by atoms with Gasteiger partial charge in [0.2, 0.25) is 0 Å². The van der Waals surface area contributed by atoms with Crippen molar-refractivity contribution in [2.45, 2.75) is 53.4 Å². The fourth-order valence-corrected chi connectivity index (χ4v) is 2.96. The minimum Gasteiger partial charge on any atom is -0.372 e. The Kier molecular flexibility index (Phi) is 5.65. The maximum Gasteiger partial charge on any atom is 0.0726 e. The third-order valence-electron chi connectivity index (χ3n) is 3.98. The van der Waals surface area contributed by atoms with Gasteiger partial charge in [-0.3, -0.25) is 0 Å². The fraction of sp³-hybridized carbons (Fsp3) is 0.667. The molecule has 0 saturated carbocycles. The van der Waals surface area contributed by atoms with E-state index in [2.05, 4.69) is 63.0 Å². The van der Waals surface area contributed by atoms with Crippen LogP contribution in [0.4, 0.5) is 5.69 Å². The third kappa shape index (κ3) is 4.72. The molecule has 3 heteroatoms. The van der Waals surface area contributed by atoms with Crippen molar-refractivity contribution in [1.29, 1.82) is 0 Å². The highest BCUT2D eigenvalue weighted by atomic mass is 16.5. The van der Waals surface area contributed by atoms with Crippen LogP contribution in [0.25, 0.3) is 0 Å². The summed E-state index contributed by atoms with van der Waals surface area (Å²) in [6.45, 7) is 15.0. The maximum absolute atomic E-state index is 5.82. The van der Waals surface area contributed by atoms with Gasteiger partial charge in [-0.25, -0.2) is 0 Å². The van der Waals surface area contributed by atoms with Crippen molar-refractivity contribution in [3.05, 3.63) is 29.3 Å². The number of hydrogen-bond donors (Lipinski definition) is 1. The van der Waals surface area contributed by atoms with Crippen LogP contribution in [-0.4, -0.2) is 31.8 Å². The molecule has 1 aliphatic heterocycles. The molecule has 3 nitrogen and oxygen atoms in total. The van der Waals surface area contributed by atoms with E-state index in [4.69, 9.17) is 4.74 Å². The van der Waals surface area contributed by atoms with Crippen LogP contribution in [0.2, 0.25) is 0 Å². The van der Waals surface area contributed by atoms with Crippen LogP contribution < -0.4 is 10.2 Å². The van der Waals surface area contributed by atoms with Crippen LogP contribution in [0.3, 0.4) is 0 Å². The van der Waals surface area contributed by atoms with Gasteiger partial charge in [-0.1, -0.05) is 19.9 Å². The lowest BCUT2D eigenvalue weighted by Gasteiger charge is -2.37. The first-order valence-electron chi connectivity index (χ1n) is 8.16. The normalized spacial score (nSPS) is 22.9. The molecule has 21 heavy (non-hydrogen) atoms. The predicted molar refractivity (Wildman–Crippen MR) is 89.9 cm³/mol. The Bertz CT molecular complexity index is 449. The van der Waals surface area contributed by atoms with Crippen LogP contribution in [0.5, 0.6) is 0 Å². The second kappa shape index (κ2) is 7.28. The molecule has 1 N–H and O–H groups in total. The molecule has 2 rings (SSSR count). The van der Waals surface area contributed by atoms with Gasteiger partial charge in [-0.05, 0) is 56.5 Å². The van der Waals surface area contributed by atoms with Crippen LogP contribution in [-0.2, 0) is 11.3 Å². The van der Waals surface area contributed by atoms with Crippen molar-refractivity contribution in [3.8, 4) is 0 Å². The number of aryl methyl sites for hydroxylation is 1. The Morgan fingerprint density at radius 2 is 1.90 bits per heavy atom. The van der Waals surface area contributed by atoms with E-state index in [9.17, 15) is 0 Å². The summed E-state index contributed by atoms with van der Waals surface area (Å²) in [5.74, 6) is 0.695. The summed E-state index contributed by atoms with van der Waals surface area (Å²) < 4.78 is 5.82. The van der Waals surface area contributed by atoms with Gasteiger partial charge in [0.25, 0.3) is 0 Å². The third-order valence-corrected chi connectivity index (χ3v) is 3.98. The SMILES string of the molecule is Cc1cc(N2C[C@@H](C)O[C@@H](C)C2)ccc1CNCC(C)C. The molecule has 1 fully saturated rings. The fourth-order valence-electron chi connectivity index (χ4n) is 2.96. The lowest BCUT2D eigenvalue weighted by atomic mass is 10.1. The van der Waals surface area contributed by atoms with Crippen molar-refractivity contribution in [3.63, 3.8) is 0 Å². The maximum atomic E-state index is 5.82. The molecule has 0 aliphatic carbocycles. The molecule has 1 aromatic rings. The molecule has 0 amide bonds. The van der Waals surface area contributed by atoms with E-state index in [0.717, 1.165) is 26.2 Å². The predicted octanol–water partition coefficient (Wildman–Crippen LogP) is 3.35. The second-order valence-corrected chi connectivity index (χ2v) is 6.80. The Morgan fingerprint density at radius 3 is 2.48 bits per heavy atom. The summed E-state index contributed by atoms with van der Waals surface area (Å²) in [6.07, 6.45) is 0.614. The van der Waals surface area contributed by atoms with Gasteiger partial charge in [-0.2, -0.15) is 0 Å². The number of nitrogens with one attached hydrogen (secondary N) is 1. The summed E-state index contributed by atoms with van der Waals surface area (Å²) in [5, 5.41) is 3.52. The highest BCUT2D eigenvalue weighted by Crippen LogP contribution is 2.23. The molecule has 0 unspecified atom stereocenters. The Labute approximate surface area is 129 Å². The number of rotatable bonds is 5. The van der Waals surface area contributed by atoms with Gasteiger partial charge < -0.3 is 15.0 Å². The van der Waals surface area contributed by atoms with Gasteiger partial charge in [-0.15, -0.1) is 0 Å². The number of ether oxygens (including phenoxy) is 1. The second-order valence-electron chi connectivity index (χ2n) is 6.80. The highest BCUT2D eigenvalue weighted by molar-refractivity contribution is 5.51. The summed E-state index contributed by atoms with van der Waals surface area (Å²) >= 11 is 0. The van der Waals surface area contributed by atoms with Crippen LogP contribution in [0.1, 0.15) is 38.8 Å². The van der Waals surface area contributed by atoms with Crippen LogP contribution in [0, 0.1) is 12.8 Å². The zero-order chi connectivity index (χ0) is 15.4. The highest BCUT2D eigenvalue weighted by Gasteiger charge is 2.22. The number of nitrogens with zero attached hydrogens (tertiary/aromatic N) is 1.